The molecule has 17 heavy (non-hydrogen) atoms. The summed E-state index contributed by atoms with van der Waals surface area (Å²) >= 11 is 0. The number of tetrazole rings is 1. The average Bonchev–Trinajstić information content (AvgIpc) is 2.78. The lowest BCUT2D eigenvalue weighted by molar-refractivity contribution is -0.122. The lowest BCUT2D eigenvalue weighted by atomic mass is 10.1. The number of carbonyl (C=O) groups excluding carboxylic acids is 1. The molecule has 88 valence electrons. The van der Waals surface area contributed by atoms with E-state index >= 15 is 0 Å². The van der Waals surface area contributed by atoms with Crippen molar-refractivity contribution in [3.8, 4) is 11.4 Å². The Labute approximate surface area is 97.6 Å². The standard InChI is InChI=1S/C10H12N6O/c1-7-2-4-8(5-3-7)10-13-15-16(14-10)6-9(17)12-11/h2-5H,6,11H2,1H3,(H,12,17). The van der Waals surface area contributed by atoms with Gasteiger partial charge in [-0.3, -0.25) is 10.2 Å². The summed E-state index contributed by atoms with van der Waals surface area (Å²) in [7, 11) is 0. The van der Waals surface area contributed by atoms with Gasteiger partial charge in [-0.15, -0.1) is 10.2 Å². The SMILES string of the molecule is Cc1ccc(-c2nnn(CC(=O)NN)n2)cc1. The molecule has 7 nitrogen and oxygen atoms in total. The number of hydrazine groups is 1. The highest BCUT2D eigenvalue weighted by Gasteiger charge is 2.07. The number of hydrogen-bond acceptors (Lipinski definition) is 5. The van der Waals surface area contributed by atoms with Crippen LogP contribution >= 0.6 is 0 Å². The van der Waals surface area contributed by atoms with E-state index in [2.05, 4.69) is 15.4 Å². The summed E-state index contributed by atoms with van der Waals surface area (Å²) in [6.45, 7) is 1.95. The van der Waals surface area contributed by atoms with Crippen LogP contribution in [-0.4, -0.2) is 26.1 Å². The Morgan fingerprint density at radius 1 is 1.41 bits per heavy atom. The van der Waals surface area contributed by atoms with Crippen LogP contribution in [0.2, 0.25) is 0 Å². The van der Waals surface area contributed by atoms with Crippen molar-refractivity contribution in [2.75, 3.05) is 0 Å². The van der Waals surface area contributed by atoms with Gasteiger partial charge in [-0.25, -0.2) is 5.84 Å². The van der Waals surface area contributed by atoms with Gasteiger partial charge in [0.2, 0.25) is 5.82 Å². The molecule has 2 aromatic rings. The Morgan fingerprint density at radius 3 is 2.76 bits per heavy atom. The molecule has 7 heteroatoms. The molecule has 0 aliphatic heterocycles. The quantitative estimate of drug-likeness (QED) is 0.427. The highest BCUT2D eigenvalue weighted by molar-refractivity contribution is 5.74. The lowest BCUT2D eigenvalue weighted by Gasteiger charge is -1.96. The summed E-state index contributed by atoms with van der Waals surface area (Å²) in [5, 5.41) is 11.7. The number of amides is 1. The summed E-state index contributed by atoms with van der Waals surface area (Å²) in [4.78, 5) is 12.2. The van der Waals surface area contributed by atoms with E-state index in [1.54, 1.807) is 0 Å². The normalized spacial score (nSPS) is 10.2. The minimum atomic E-state index is -0.377. The van der Waals surface area contributed by atoms with Crippen LogP contribution in [0, 0.1) is 6.92 Å². The summed E-state index contributed by atoms with van der Waals surface area (Å²) in [5.74, 6) is 5.07. The Balaban J connectivity index is 2.18. The molecule has 0 aliphatic carbocycles. The first-order valence-electron chi connectivity index (χ1n) is 5.03. The summed E-state index contributed by atoms with van der Waals surface area (Å²) in [6.07, 6.45) is 0. The molecule has 0 atom stereocenters. The Morgan fingerprint density at radius 2 is 2.12 bits per heavy atom. The van der Waals surface area contributed by atoms with Crippen LogP contribution in [0.5, 0.6) is 0 Å². The number of nitrogens with zero attached hydrogens (tertiary/aromatic N) is 4. The second kappa shape index (κ2) is 4.71. The zero-order chi connectivity index (χ0) is 12.3. The van der Waals surface area contributed by atoms with Gasteiger partial charge in [0, 0.05) is 5.56 Å². The van der Waals surface area contributed by atoms with Crippen molar-refractivity contribution in [3.63, 3.8) is 0 Å². The highest BCUT2D eigenvalue weighted by Crippen LogP contribution is 2.13. The van der Waals surface area contributed by atoms with Crippen molar-refractivity contribution >= 4 is 5.91 Å². The molecule has 1 aromatic heterocycles. The van der Waals surface area contributed by atoms with Gasteiger partial charge in [-0.1, -0.05) is 29.8 Å². The number of nitrogens with one attached hydrogen (secondary N) is 1. The largest absolute Gasteiger partial charge is 0.293 e. The average molecular weight is 232 g/mol. The molecule has 0 fully saturated rings. The maximum atomic E-state index is 11.0. The smallest absolute Gasteiger partial charge is 0.257 e. The fourth-order valence-electron chi connectivity index (χ4n) is 1.30. The van der Waals surface area contributed by atoms with Crippen molar-refractivity contribution in [2.45, 2.75) is 13.5 Å². The molecular formula is C10H12N6O. The molecule has 0 saturated heterocycles. The minimum absolute atomic E-state index is 0.0463. The van der Waals surface area contributed by atoms with Crippen LogP contribution in [0.3, 0.4) is 0 Å². The van der Waals surface area contributed by atoms with Gasteiger partial charge >= 0.3 is 0 Å². The molecule has 3 N–H and O–H groups in total. The second-order valence-corrected chi connectivity index (χ2v) is 3.58. The predicted octanol–water partition coefficient (Wildman–Crippen LogP) is -0.362. The zero-order valence-corrected chi connectivity index (χ0v) is 9.29. The first-order valence-corrected chi connectivity index (χ1v) is 5.03. The summed E-state index contributed by atoms with van der Waals surface area (Å²) in [6, 6.07) is 7.73. The maximum absolute atomic E-state index is 11.0. The van der Waals surface area contributed by atoms with Crippen molar-refractivity contribution in [2.24, 2.45) is 5.84 Å². The topological polar surface area (TPSA) is 98.7 Å². The number of hydrogen-bond donors (Lipinski definition) is 2. The molecule has 1 heterocycles. The lowest BCUT2D eigenvalue weighted by Crippen LogP contribution is -2.33. The Hall–Kier alpha value is -2.28. The van der Waals surface area contributed by atoms with E-state index in [-0.39, 0.29) is 12.5 Å². The van der Waals surface area contributed by atoms with E-state index in [1.807, 2.05) is 36.6 Å². The van der Waals surface area contributed by atoms with E-state index in [9.17, 15) is 4.79 Å². The molecule has 0 radical (unpaired) electrons. The molecule has 0 spiro atoms. The van der Waals surface area contributed by atoms with E-state index in [4.69, 9.17) is 5.84 Å². The molecule has 1 amide bonds. The predicted molar refractivity (Wildman–Crippen MR) is 60.3 cm³/mol. The van der Waals surface area contributed by atoms with Gasteiger partial charge in [-0.2, -0.15) is 4.80 Å². The van der Waals surface area contributed by atoms with Gasteiger partial charge in [0.15, 0.2) is 0 Å². The van der Waals surface area contributed by atoms with Crippen molar-refractivity contribution in [1.82, 2.24) is 25.6 Å². The molecule has 0 unspecified atom stereocenters. The highest BCUT2D eigenvalue weighted by atomic mass is 16.2. The number of nitrogens with two attached hydrogens (primary N) is 1. The molecule has 0 aliphatic rings. The molecule has 1 aromatic carbocycles. The zero-order valence-electron chi connectivity index (χ0n) is 9.29. The van der Waals surface area contributed by atoms with E-state index in [1.165, 1.54) is 4.80 Å². The minimum Gasteiger partial charge on any atom is -0.293 e. The van der Waals surface area contributed by atoms with E-state index in [0.29, 0.717) is 5.82 Å². The van der Waals surface area contributed by atoms with E-state index < -0.39 is 0 Å². The molecule has 0 saturated carbocycles. The fraction of sp³-hybridized carbons (Fsp3) is 0.200. The molecule has 2 rings (SSSR count). The van der Waals surface area contributed by atoms with Crippen molar-refractivity contribution in [1.29, 1.82) is 0 Å². The van der Waals surface area contributed by atoms with Crippen LogP contribution in [0.4, 0.5) is 0 Å². The first kappa shape index (κ1) is 11.2. The third-order valence-corrected chi connectivity index (χ3v) is 2.21. The maximum Gasteiger partial charge on any atom is 0.257 e. The molecular weight excluding hydrogens is 220 g/mol. The Kier molecular flexibility index (Phi) is 3.10. The van der Waals surface area contributed by atoms with Crippen LogP contribution < -0.4 is 11.3 Å². The number of carbonyl (C=O) groups is 1. The first-order chi connectivity index (χ1) is 8.19. The van der Waals surface area contributed by atoms with Crippen LogP contribution in [-0.2, 0) is 11.3 Å². The van der Waals surface area contributed by atoms with E-state index in [0.717, 1.165) is 11.1 Å². The Bertz CT molecular complexity index is 518. The third-order valence-electron chi connectivity index (χ3n) is 2.21. The summed E-state index contributed by atoms with van der Waals surface area (Å²) < 4.78 is 0. The van der Waals surface area contributed by atoms with Crippen LogP contribution in [0.25, 0.3) is 11.4 Å². The fourth-order valence-corrected chi connectivity index (χ4v) is 1.30. The number of benzene rings is 1. The van der Waals surface area contributed by atoms with Crippen molar-refractivity contribution < 1.29 is 4.79 Å². The van der Waals surface area contributed by atoms with Gasteiger partial charge in [0.25, 0.3) is 5.91 Å². The van der Waals surface area contributed by atoms with Gasteiger partial charge in [0.05, 0.1) is 0 Å². The molecule has 0 bridgehead atoms. The second-order valence-electron chi connectivity index (χ2n) is 3.58. The van der Waals surface area contributed by atoms with Crippen LogP contribution in [0.1, 0.15) is 5.56 Å². The number of aryl methyl sites for hydroxylation is 1. The van der Waals surface area contributed by atoms with Gasteiger partial charge < -0.3 is 0 Å². The number of aromatic nitrogens is 4. The van der Waals surface area contributed by atoms with Crippen LogP contribution in [0.15, 0.2) is 24.3 Å². The number of rotatable bonds is 3. The summed E-state index contributed by atoms with van der Waals surface area (Å²) in [5.41, 5.74) is 4.02. The van der Waals surface area contributed by atoms with Gasteiger partial charge in [-0.05, 0) is 12.1 Å². The van der Waals surface area contributed by atoms with Gasteiger partial charge in [0.1, 0.15) is 6.54 Å². The monoisotopic (exact) mass is 232 g/mol. The third kappa shape index (κ3) is 2.64. The van der Waals surface area contributed by atoms with Crippen molar-refractivity contribution in [3.05, 3.63) is 29.8 Å².